The molecule has 0 heterocycles. The third kappa shape index (κ3) is 7.34. The Kier molecular flexibility index (Phi) is 10.7. The molecule has 0 aromatic carbocycles. The molecule has 4 N–H and O–H groups in total. The molecule has 0 spiro atoms. The average Bonchev–Trinajstić information content (AvgIpc) is 2.38. The average molecular weight is 383 g/mol. The van der Waals surface area contributed by atoms with E-state index in [1.54, 1.807) is 0 Å². The fraction of sp³-hybridized carbons (Fsp3) is 0.929. The first-order valence-corrected chi connectivity index (χ1v) is 7.37. The fourth-order valence-corrected chi connectivity index (χ4v) is 2.73. The van der Waals surface area contributed by atoms with E-state index in [1.807, 2.05) is 0 Å². The highest BCUT2D eigenvalue weighted by molar-refractivity contribution is 14.0. The number of aliphatic hydroxyl groups is 1. The summed E-state index contributed by atoms with van der Waals surface area (Å²) in [5, 5.41) is 12.4. The molecule has 1 rings (SSSR count). The van der Waals surface area contributed by atoms with Gasteiger partial charge in [-0.2, -0.15) is 0 Å². The minimum atomic E-state index is 0. The van der Waals surface area contributed by atoms with Gasteiger partial charge in [-0.15, -0.1) is 24.0 Å². The van der Waals surface area contributed by atoms with Crippen LogP contribution in [0.1, 0.15) is 58.3 Å². The third-order valence-electron chi connectivity index (χ3n) is 3.98. The van der Waals surface area contributed by atoms with Gasteiger partial charge >= 0.3 is 0 Å². The number of nitrogens with one attached hydrogen (secondary N) is 1. The summed E-state index contributed by atoms with van der Waals surface area (Å²) in [7, 11) is 0. The number of rotatable bonds is 7. The molecule has 4 nitrogen and oxygen atoms in total. The van der Waals surface area contributed by atoms with Gasteiger partial charge in [-0.05, 0) is 31.1 Å². The fourth-order valence-electron chi connectivity index (χ4n) is 2.73. The summed E-state index contributed by atoms with van der Waals surface area (Å²) < 4.78 is 0. The highest BCUT2D eigenvalue weighted by Crippen LogP contribution is 2.39. The number of nitrogens with zero attached hydrogens (tertiary/aromatic N) is 1. The van der Waals surface area contributed by atoms with Crippen molar-refractivity contribution in [3.8, 4) is 0 Å². The van der Waals surface area contributed by atoms with Gasteiger partial charge in [0.05, 0.1) is 0 Å². The molecule has 0 atom stereocenters. The Labute approximate surface area is 134 Å². The van der Waals surface area contributed by atoms with E-state index in [9.17, 15) is 5.11 Å². The van der Waals surface area contributed by atoms with Crippen LogP contribution in [0.2, 0.25) is 0 Å². The Bertz CT molecular complexity index is 248. The zero-order chi connectivity index (χ0) is 13.3. The molecule has 0 saturated heterocycles. The zero-order valence-electron chi connectivity index (χ0n) is 12.2. The van der Waals surface area contributed by atoms with E-state index in [0.29, 0.717) is 5.96 Å². The van der Waals surface area contributed by atoms with E-state index in [2.05, 4.69) is 17.2 Å². The van der Waals surface area contributed by atoms with Crippen molar-refractivity contribution in [3.63, 3.8) is 0 Å². The highest BCUT2D eigenvalue weighted by atomic mass is 127. The molecule has 114 valence electrons. The minimum absolute atomic E-state index is 0. The molecule has 1 aliphatic rings. The number of hydrogen-bond acceptors (Lipinski definition) is 2. The standard InChI is InChI=1S/C14H29N3O.HI/c1-2-3-10-16-13(15)17-12-14(9-11-18)7-5-4-6-8-14;/h18H,2-12H2,1H3,(H3,15,16,17);1H. The maximum atomic E-state index is 9.23. The van der Waals surface area contributed by atoms with E-state index < -0.39 is 0 Å². The predicted octanol–water partition coefficient (Wildman–Crippen LogP) is 2.64. The number of unbranched alkanes of at least 4 members (excludes halogenated alkanes) is 1. The van der Waals surface area contributed by atoms with E-state index in [-0.39, 0.29) is 36.0 Å². The molecule has 0 aliphatic heterocycles. The van der Waals surface area contributed by atoms with Crippen LogP contribution in [0.5, 0.6) is 0 Å². The summed E-state index contributed by atoms with van der Waals surface area (Å²) >= 11 is 0. The van der Waals surface area contributed by atoms with Crippen molar-refractivity contribution in [2.45, 2.75) is 58.3 Å². The van der Waals surface area contributed by atoms with Crippen molar-refractivity contribution in [1.82, 2.24) is 5.32 Å². The molecule has 19 heavy (non-hydrogen) atoms. The number of halogens is 1. The Hall–Kier alpha value is -0.0400. The lowest BCUT2D eigenvalue weighted by molar-refractivity contribution is 0.137. The number of aliphatic hydroxyl groups excluding tert-OH is 1. The van der Waals surface area contributed by atoms with Crippen LogP contribution in [0, 0.1) is 5.41 Å². The van der Waals surface area contributed by atoms with E-state index >= 15 is 0 Å². The Morgan fingerprint density at radius 3 is 2.58 bits per heavy atom. The van der Waals surface area contributed by atoms with E-state index in [4.69, 9.17) is 5.73 Å². The summed E-state index contributed by atoms with van der Waals surface area (Å²) in [6.45, 7) is 4.09. The first-order valence-electron chi connectivity index (χ1n) is 7.37. The second kappa shape index (κ2) is 10.7. The first-order chi connectivity index (χ1) is 8.72. The summed E-state index contributed by atoms with van der Waals surface area (Å²) in [6, 6.07) is 0. The Balaban J connectivity index is 0.00000324. The third-order valence-corrected chi connectivity index (χ3v) is 3.98. The SMILES string of the molecule is CCCCNC(N)=NCC1(CCO)CCCCC1.I. The van der Waals surface area contributed by atoms with Crippen molar-refractivity contribution in [2.24, 2.45) is 16.1 Å². The van der Waals surface area contributed by atoms with Crippen molar-refractivity contribution >= 4 is 29.9 Å². The van der Waals surface area contributed by atoms with Crippen molar-refractivity contribution < 1.29 is 5.11 Å². The number of guanidine groups is 1. The molecule has 0 bridgehead atoms. The van der Waals surface area contributed by atoms with Gasteiger partial charge in [0, 0.05) is 19.7 Å². The van der Waals surface area contributed by atoms with Crippen LogP contribution >= 0.6 is 24.0 Å². The topological polar surface area (TPSA) is 70.6 Å². The molecular weight excluding hydrogens is 353 g/mol. The van der Waals surface area contributed by atoms with Crippen LogP contribution in [0.3, 0.4) is 0 Å². The first kappa shape index (κ1) is 19.0. The van der Waals surface area contributed by atoms with Gasteiger partial charge < -0.3 is 16.2 Å². The van der Waals surface area contributed by atoms with Gasteiger partial charge in [0.15, 0.2) is 5.96 Å². The molecule has 0 radical (unpaired) electrons. The molecule has 1 aliphatic carbocycles. The maximum Gasteiger partial charge on any atom is 0.188 e. The maximum absolute atomic E-state index is 9.23. The van der Waals surface area contributed by atoms with Crippen molar-refractivity contribution in [1.29, 1.82) is 0 Å². The van der Waals surface area contributed by atoms with Gasteiger partial charge in [0.25, 0.3) is 0 Å². The monoisotopic (exact) mass is 383 g/mol. The second-order valence-electron chi connectivity index (χ2n) is 5.52. The van der Waals surface area contributed by atoms with Gasteiger partial charge in [-0.3, -0.25) is 4.99 Å². The molecule has 0 aromatic rings. The summed E-state index contributed by atoms with van der Waals surface area (Å²) in [5.41, 5.74) is 6.06. The summed E-state index contributed by atoms with van der Waals surface area (Å²) in [4.78, 5) is 4.48. The van der Waals surface area contributed by atoms with Gasteiger partial charge in [-0.1, -0.05) is 32.6 Å². The van der Waals surface area contributed by atoms with Crippen LogP contribution < -0.4 is 11.1 Å². The zero-order valence-corrected chi connectivity index (χ0v) is 14.5. The highest BCUT2D eigenvalue weighted by Gasteiger charge is 2.31. The molecule has 1 fully saturated rings. The predicted molar refractivity (Wildman–Crippen MR) is 92.0 cm³/mol. The Morgan fingerprint density at radius 1 is 1.32 bits per heavy atom. The van der Waals surface area contributed by atoms with Gasteiger partial charge in [-0.25, -0.2) is 0 Å². The summed E-state index contributed by atoms with van der Waals surface area (Å²) in [5.74, 6) is 0.561. The minimum Gasteiger partial charge on any atom is -0.396 e. The van der Waals surface area contributed by atoms with Crippen LogP contribution in [-0.2, 0) is 0 Å². The molecule has 5 heteroatoms. The molecule has 0 unspecified atom stereocenters. The number of nitrogens with two attached hydrogens (primary N) is 1. The van der Waals surface area contributed by atoms with Crippen molar-refractivity contribution in [2.75, 3.05) is 19.7 Å². The van der Waals surface area contributed by atoms with E-state index in [1.165, 1.54) is 32.1 Å². The lowest BCUT2D eigenvalue weighted by atomic mass is 9.72. The summed E-state index contributed by atoms with van der Waals surface area (Å²) in [6.07, 6.45) is 9.35. The second-order valence-corrected chi connectivity index (χ2v) is 5.52. The van der Waals surface area contributed by atoms with Gasteiger partial charge in [0.1, 0.15) is 0 Å². The van der Waals surface area contributed by atoms with Crippen LogP contribution in [0.15, 0.2) is 4.99 Å². The van der Waals surface area contributed by atoms with Crippen molar-refractivity contribution in [3.05, 3.63) is 0 Å². The smallest absolute Gasteiger partial charge is 0.188 e. The Morgan fingerprint density at radius 2 is 2.00 bits per heavy atom. The van der Waals surface area contributed by atoms with Crippen LogP contribution in [0.4, 0.5) is 0 Å². The largest absolute Gasteiger partial charge is 0.396 e. The lowest BCUT2D eigenvalue weighted by Crippen LogP contribution is -2.35. The molecule has 0 amide bonds. The molecular formula is C14H30IN3O. The number of hydrogen-bond donors (Lipinski definition) is 3. The molecule has 0 aromatic heterocycles. The normalized spacial score (nSPS) is 18.7. The van der Waals surface area contributed by atoms with Crippen LogP contribution in [-0.4, -0.2) is 30.8 Å². The van der Waals surface area contributed by atoms with Crippen LogP contribution in [0.25, 0.3) is 0 Å². The molecule has 1 saturated carbocycles. The van der Waals surface area contributed by atoms with E-state index in [0.717, 1.165) is 32.4 Å². The number of aliphatic imine (C=N–C) groups is 1. The van der Waals surface area contributed by atoms with Gasteiger partial charge in [0.2, 0.25) is 0 Å². The lowest BCUT2D eigenvalue weighted by Gasteiger charge is -2.35. The quantitative estimate of drug-likeness (QED) is 0.274.